The molecule has 2 rings (SSSR count). The van der Waals surface area contributed by atoms with E-state index in [4.69, 9.17) is 0 Å². The normalized spacial score (nSPS) is 24.9. The lowest BCUT2D eigenvalue weighted by molar-refractivity contribution is -0.531. The summed E-state index contributed by atoms with van der Waals surface area (Å²) in [6, 6.07) is 0.183. The van der Waals surface area contributed by atoms with Crippen LogP contribution in [0.1, 0.15) is 39.5 Å². The highest BCUT2D eigenvalue weighted by molar-refractivity contribution is 5.82. The van der Waals surface area contributed by atoms with E-state index < -0.39 is 0 Å². The Morgan fingerprint density at radius 2 is 2.38 bits per heavy atom. The predicted octanol–water partition coefficient (Wildman–Crippen LogP) is 3.03. The van der Waals surface area contributed by atoms with Crippen LogP contribution in [0.2, 0.25) is 0 Å². The molecule has 0 aromatic heterocycles. The van der Waals surface area contributed by atoms with Crippen molar-refractivity contribution in [1.82, 2.24) is 0 Å². The maximum Gasteiger partial charge on any atom is 0.439 e. The number of carbonyl (C=O) groups excluding carboxylic acids is 1. The van der Waals surface area contributed by atoms with Crippen LogP contribution in [0, 0.1) is 5.92 Å². The second-order valence-corrected chi connectivity index (χ2v) is 4.94. The number of nitrogens with zero attached hydrogens (tertiary/aromatic N) is 2. The average Bonchev–Trinajstić information content (AvgIpc) is 2.60. The molecular formula is C13H19N2O+. The van der Waals surface area contributed by atoms with Gasteiger partial charge in [-0.25, -0.2) is 4.79 Å². The third-order valence-corrected chi connectivity index (χ3v) is 2.91. The van der Waals surface area contributed by atoms with Gasteiger partial charge in [-0.3, -0.25) is 0 Å². The Balaban J connectivity index is 2.09. The first-order chi connectivity index (χ1) is 7.66. The summed E-state index contributed by atoms with van der Waals surface area (Å²) in [7, 11) is 0. The molecule has 0 N–H and O–H groups in total. The third-order valence-electron chi connectivity index (χ3n) is 2.91. The monoisotopic (exact) mass is 219 g/mol. The number of azo groups is 2. The van der Waals surface area contributed by atoms with E-state index >= 15 is 0 Å². The second-order valence-electron chi connectivity index (χ2n) is 4.94. The van der Waals surface area contributed by atoms with Gasteiger partial charge in [0.15, 0.2) is 0 Å². The van der Waals surface area contributed by atoms with Crippen molar-refractivity contribution in [3.63, 3.8) is 0 Å². The molecule has 0 aromatic carbocycles. The minimum atomic E-state index is 0.0483. The molecule has 16 heavy (non-hydrogen) atoms. The number of allylic oxidation sites excluding steroid dienone is 2. The number of amides is 1. The Morgan fingerprint density at radius 3 is 3.00 bits per heavy atom. The molecule has 1 amide bonds. The fraction of sp³-hybridized carbons (Fsp3) is 0.615. The lowest BCUT2D eigenvalue weighted by Gasteiger charge is -2.08. The predicted molar refractivity (Wildman–Crippen MR) is 62.0 cm³/mol. The molecule has 1 aliphatic heterocycles. The summed E-state index contributed by atoms with van der Waals surface area (Å²) in [6.45, 7) is 4.29. The Kier molecular flexibility index (Phi) is 3.32. The van der Waals surface area contributed by atoms with Gasteiger partial charge in [0.05, 0.1) is 6.08 Å². The van der Waals surface area contributed by atoms with Crippen LogP contribution in [0.25, 0.3) is 0 Å². The van der Waals surface area contributed by atoms with Gasteiger partial charge in [0.1, 0.15) is 5.70 Å². The summed E-state index contributed by atoms with van der Waals surface area (Å²) >= 11 is 0. The van der Waals surface area contributed by atoms with Crippen molar-refractivity contribution in [2.75, 3.05) is 0 Å². The first-order valence-electron chi connectivity index (χ1n) is 6.09. The van der Waals surface area contributed by atoms with Gasteiger partial charge in [0.2, 0.25) is 6.04 Å². The van der Waals surface area contributed by atoms with Crippen molar-refractivity contribution in [3.8, 4) is 0 Å². The zero-order chi connectivity index (χ0) is 11.5. The van der Waals surface area contributed by atoms with Crippen molar-refractivity contribution in [2.45, 2.75) is 45.6 Å². The van der Waals surface area contributed by atoms with Crippen LogP contribution in [-0.2, 0) is 4.79 Å². The zero-order valence-corrected chi connectivity index (χ0v) is 10.0. The van der Waals surface area contributed by atoms with Crippen molar-refractivity contribution in [2.24, 2.45) is 11.0 Å². The first-order valence-corrected chi connectivity index (χ1v) is 6.09. The maximum absolute atomic E-state index is 11.8. The van der Waals surface area contributed by atoms with Crippen molar-refractivity contribution >= 4 is 5.91 Å². The highest BCUT2D eigenvalue weighted by Crippen LogP contribution is 2.22. The van der Waals surface area contributed by atoms with Crippen LogP contribution in [-0.4, -0.2) is 16.6 Å². The molecule has 3 heteroatoms. The summed E-state index contributed by atoms with van der Waals surface area (Å²) in [5.74, 6) is 0.594. The minimum absolute atomic E-state index is 0.0483. The molecule has 0 bridgehead atoms. The van der Waals surface area contributed by atoms with E-state index in [0.717, 1.165) is 31.4 Å². The Bertz CT molecular complexity index is 377. The first kappa shape index (κ1) is 11.2. The summed E-state index contributed by atoms with van der Waals surface area (Å²) in [4.78, 5) is 11.8. The van der Waals surface area contributed by atoms with Crippen LogP contribution in [0.3, 0.4) is 0 Å². The molecule has 3 nitrogen and oxygen atoms in total. The van der Waals surface area contributed by atoms with Crippen LogP contribution < -0.4 is 0 Å². The lowest BCUT2D eigenvalue weighted by Crippen LogP contribution is -2.27. The number of hydrogen-bond donors (Lipinski definition) is 0. The van der Waals surface area contributed by atoms with E-state index in [2.05, 4.69) is 31.1 Å². The lowest BCUT2D eigenvalue weighted by atomic mass is 10.0. The zero-order valence-electron chi connectivity index (χ0n) is 10.0. The SMILES string of the molecule is CC(C)CC1=CC(=O)[N+](C2C=CCCC2)=N1. The van der Waals surface area contributed by atoms with E-state index in [1.165, 1.54) is 0 Å². The summed E-state index contributed by atoms with van der Waals surface area (Å²) in [5.41, 5.74) is 0.930. The minimum Gasteiger partial charge on any atom is -0.212 e. The van der Waals surface area contributed by atoms with Gasteiger partial charge < -0.3 is 0 Å². The van der Waals surface area contributed by atoms with Crippen molar-refractivity contribution in [3.05, 3.63) is 23.9 Å². The van der Waals surface area contributed by atoms with E-state index in [1.807, 2.05) is 0 Å². The molecule has 0 saturated heterocycles. The average molecular weight is 219 g/mol. The molecule has 0 spiro atoms. The fourth-order valence-electron chi connectivity index (χ4n) is 2.18. The molecule has 0 radical (unpaired) electrons. The largest absolute Gasteiger partial charge is 0.439 e. The molecule has 1 aliphatic carbocycles. The van der Waals surface area contributed by atoms with E-state index in [-0.39, 0.29) is 11.9 Å². The van der Waals surface area contributed by atoms with Crippen molar-refractivity contribution in [1.29, 1.82) is 0 Å². The second kappa shape index (κ2) is 4.73. The highest BCUT2D eigenvalue weighted by atomic mass is 16.2. The number of rotatable bonds is 3. The highest BCUT2D eigenvalue weighted by Gasteiger charge is 2.33. The van der Waals surface area contributed by atoms with Gasteiger partial charge in [-0.15, -0.1) is 0 Å². The van der Waals surface area contributed by atoms with Crippen LogP contribution in [0.4, 0.5) is 0 Å². The van der Waals surface area contributed by atoms with Crippen molar-refractivity contribution < 1.29 is 9.49 Å². The Labute approximate surface area is 96.5 Å². The van der Waals surface area contributed by atoms with Gasteiger partial charge >= 0.3 is 5.91 Å². The van der Waals surface area contributed by atoms with Gasteiger partial charge in [-0.1, -0.05) is 19.9 Å². The Hall–Kier alpha value is -1.25. The summed E-state index contributed by atoms with van der Waals surface area (Å²) in [6.07, 6.45) is 10.1. The topological polar surface area (TPSA) is 32.4 Å². The Morgan fingerprint density at radius 1 is 1.56 bits per heavy atom. The maximum atomic E-state index is 11.8. The molecule has 86 valence electrons. The molecule has 0 fully saturated rings. The molecule has 2 aliphatic rings. The molecular weight excluding hydrogens is 200 g/mol. The number of hydrogen-bond acceptors (Lipinski definition) is 2. The molecule has 0 aromatic rings. The van der Waals surface area contributed by atoms with Gasteiger partial charge in [0.25, 0.3) is 0 Å². The summed E-state index contributed by atoms with van der Waals surface area (Å²) in [5, 5.41) is 4.43. The van der Waals surface area contributed by atoms with E-state index in [1.54, 1.807) is 10.8 Å². The third kappa shape index (κ3) is 2.46. The van der Waals surface area contributed by atoms with Gasteiger partial charge in [-0.2, -0.15) is 0 Å². The van der Waals surface area contributed by atoms with Crippen LogP contribution in [0.15, 0.2) is 29.0 Å². The van der Waals surface area contributed by atoms with Gasteiger partial charge in [-0.05, 0) is 41.1 Å². The molecule has 1 atom stereocenters. The number of carbonyl (C=O) groups is 1. The van der Waals surface area contributed by atoms with Crippen LogP contribution >= 0.6 is 0 Å². The van der Waals surface area contributed by atoms with Crippen LogP contribution in [0.5, 0.6) is 0 Å². The fourth-order valence-corrected chi connectivity index (χ4v) is 2.18. The smallest absolute Gasteiger partial charge is 0.212 e. The quantitative estimate of drug-likeness (QED) is 0.530. The molecule has 1 heterocycles. The molecule has 0 saturated carbocycles. The molecule has 1 unspecified atom stereocenters. The van der Waals surface area contributed by atoms with Gasteiger partial charge in [0, 0.05) is 6.42 Å². The van der Waals surface area contributed by atoms with E-state index in [9.17, 15) is 4.79 Å². The summed E-state index contributed by atoms with van der Waals surface area (Å²) < 4.78 is 1.65. The van der Waals surface area contributed by atoms with E-state index in [0.29, 0.717) is 5.92 Å². The standard InChI is InChI=1S/C13H19N2O/c1-10(2)8-11-9-13(16)15(14-11)12-6-4-3-5-7-12/h4,6,9-10,12H,3,5,7-8H2,1-2H3/q+1.